The molecule has 1 aromatic heterocycles. The Balaban J connectivity index is 1.99. The zero-order valence-corrected chi connectivity index (χ0v) is 13.5. The molecule has 1 aliphatic rings. The summed E-state index contributed by atoms with van der Waals surface area (Å²) in [5.41, 5.74) is 6.25. The molecule has 0 unspecified atom stereocenters. The molecule has 0 aliphatic heterocycles. The normalized spacial score (nSPS) is 18.8. The molecule has 1 fully saturated rings. The van der Waals surface area contributed by atoms with E-state index in [2.05, 4.69) is 24.1 Å². The van der Waals surface area contributed by atoms with Gasteiger partial charge in [-0.05, 0) is 31.1 Å². The number of nitrogen functional groups attached to an aromatic ring is 1. The van der Waals surface area contributed by atoms with Gasteiger partial charge >= 0.3 is 0 Å². The Kier molecular flexibility index (Phi) is 4.22. The molecule has 0 spiro atoms. The highest BCUT2D eigenvalue weighted by atomic mass is 32.1. The van der Waals surface area contributed by atoms with Crippen LogP contribution in [0.5, 0.6) is 0 Å². The van der Waals surface area contributed by atoms with E-state index in [9.17, 15) is 4.79 Å². The van der Waals surface area contributed by atoms with Crippen LogP contribution in [0.4, 0.5) is 10.9 Å². The minimum atomic E-state index is -0.0854. The van der Waals surface area contributed by atoms with Crippen molar-refractivity contribution in [2.45, 2.75) is 45.6 Å². The third-order valence-corrected chi connectivity index (χ3v) is 5.14. The molecule has 1 aromatic rings. The van der Waals surface area contributed by atoms with Crippen molar-refractivity contribution in [1.29, 1.82) is 0 Å². The van der Waals surface area contributed by atoms with Crippen molar-refractivity contribution in [3.05, 3.63) is 4.88 Å². The van der Waals surface area contributed by atoms with Gasteiger partial charge in [-0.1, -0.05) is 25.2 Å². The van der Waals surface area contributed by atoms with Crippen molar-refractivity contribution in [2.24, 2.45) is 5.41 Å². The maximum atomic E-state index is 12.3. The lowest BCUT2D eigenvalue weighted by Crippen LogP contribution is -2.39. The summed E-state index contributed by atoms with van der Waals surface area (Å²) in [4.78, 5) is 18.9. The summed E-state index contributed by atoms with van der Waals surface area (Å²) >= 11 is 1.34. The van der Waals surface area contributed by atoms with E-state index in [4.69, 9.17) is 5.73 Å². The van der Waals surface area contributed by atoms with Gasteiger partial charge in [0.25, 0.3) is 5.91 Å². The van der Waals surface area contributed by atoms with Crippen LogP contribution in [0, 0.1) is 5.41 Å². The molecular formula is C14H24N4OS. The molecule has 0 bridgehead atoms. The van der Waals surface area contributed by atoms with Crippen LogP contribution >= 0.6 is 11.3 Å². The van der Waals surface area contributed by atoms with Crippen molar-refractivity contribution in [3.8, 4) is 0 Å². The van der Waals surface area contributed by atoms with Gasteiger partial charge in [-0.15, -0.1) is 0 Å². The molecule has 0 radical (unpaired) electrons. The van der Waals surface area contributed by atoms with Crippen LogP contribution in [0.25, 0.3) is 0 Å². The summed E-state index contributed by atoms with van der Waals surface area (Å²) in [6.07, 6.45) is 4.38. The Hall–Kier alpha value is -1.30. The molecule has 1 amide bonds. The van der Waals surface area contributed by atoms with Gasteiger partial charge < -0.3 is 16.0 Å². The Labute approximate surface area is 124 Å². The Morgan fingerprint density at radius 3 is 2.50 bits per heavy atom. The van der Waals surface area contributed by atoms with Gasteiger partial charge in [0.1, 0.15) is 10.7 Å². The molecule has 112 valence electrons. The summed E-state index contributed by atoms with van der Waals surface area (Å²) in [6.45, 7) is 4.57. The first-order chi connectivity index (χ1) is 9.28. The number of amides is 1. The van der Waals surface area contributed by atoms with Crippen molar-refractivity contribution in [3.63, 3.8) is 0 Å². The van der Waals surface area contributed by atoms with Crippen LogP contribution in [0.15, 0.2) is 0 Å². The van der Waals surface area contributed by atoms with E-state index in [1.807, 2.05) is 19.0 Å². The third-order valence-electron chi connectivity index (χ3n) is 3.91. The number of anilines is 2. The van der Waals surface area contributed by atoms with Gasteiger partial charge in [0.05, 0.1) is 0 Å². The monoisotopic (exact) mass is 296 g/mol. The van der Waals surface area contributed by atoms with Crippen LogP contribution < -0.4 is 16.0 Å². The third kappa shape index (κ3) is 3.42. The van der Waals surface area contributed by atoms with E-state index in [1.165, 1.54) is 11.3 Å². The van der Waals surface area contributed by atoms with Crippen LogP contribution in [0.3, 0.4) is 0 Å². The fourth-order valence-electron chi connectivity index (χ4n) is 2.47. The van der Waals surface area contributed by atoms with E-state index < -0.39 is 0 Å². The van der Waals surface area contributed by atoms with Crippen LogP contribution in [0.2, 0.25) is 0 Å². The average Bonchev–Trinajstić information content (AvgIpc) is 2.74. The van der Waals surface area contributed by atoms with Crippen molar-refractivity contribution < 1.29 is 4.79 Å². The largest absolute Gasteiger partial charge is 0.382 e. The van der Waals surface area contributed by atoms with E-state index in [0.717, 1.165) is 30.8 Å². The van der Waals surface area contributed by atoms with Crippen LogP contribution in [-0.4, -0.2) is 31.0 Å². The second-order valence-electron chi connectivity index (χ2n) is 6.52. The Morgan fingerprint density at radius 1 is 1.40 bits per heavy atom. The number of nitrogens with two attached hydrogens (primary N) is 1. The van der Waals surface area contributed by atoms with Gasteiger partial charge in [-0.2, -0.15) is 0 Å². The highest BCUT2D eigenvalue weighted by Crippen LogP contribution is 2.35. The number of carbonyl (C=O) groups is 1. The van der Waals surface area contributed by atoms with Gasteiger partial charge in [-0.25, -0.2) is 4.98 Å². The summed E-state index contributed by atoms with van der Waals surface area (Å²) < 4.78 is 0. The molecule has 6 heteroatoms. The molecule has 20 heavy (non-hydrogen) atoms. The maximum absolute atomic E-state index is 12.3. The molecule has 5 nitrogen and oxygen atoms in total. The van der Waals surface area contributed by atoms with Crippen molar-refractivity contribution in [2.75, 3.05) is 24.7 Å². The Bertz CT molecular complexity index is 485. The minimum absolute atomic E-state index is 0.0854. The van der Waals surface area contributed by atoms with E-state index in [-0.39, 0.29) is 11.9 Å². The van der Waals surface area contributed by atoms with E-state index >= 15 is 0 Å². The fourth-order valence-corrected chi connectivity index (χ4v) is 3.28. The number of aromatic nitrogens is 1. The molecule has 1 aliphatic carbocycles. The number of thiazole rings is 1. The highest BCUT2D eigenvalue weighted by Gasteiger charge is 2.28. The quantitative estimate of drug-likeness (QED) is 0.899. The van der Waals surface area contributed by atoms with Gasteiger partial charge in [0, 0.05) is 20.1 Å². The van der Waals surface area contributed by atoms with Gasteiger partial charge in [-0.3, -0.25) is 4.79 Å². The van der Waals surface area contributed by atoms with Crippen molar-refractivity contribution in [1.82, 2.24) is 10.3 Å². The first-order valence-electron chi connectivity index (χ1n) is 7.03. The second kappa shape index (κ2) is 5.60. The SMILES string of the molecule is CN(C)c1nc(N)c(C(=O)NC2CCC(C)(C)CC2)s1. The van der Waals surface area contributed by atoms with E-state index in [1.54, 1.807) is 0 Å². The maximum Gasteiger partial charge on any atom is 0.265 e. The predicted molar refractivity (Wildman–Crippen MR) is 84.4 cm³/mol. The summed E-state index contributed by atoms with van der Waals surface area (Å²) in [7, 11) is 3.78. The molecule has 0 saturated heterocycles. The molecule has 1 saturated carbocycles. The zero-order valence-electron chi connectivity index (χ0n) is 12.7. The van der Waals surface area contributed by atoms with Crippen LogP contribution in [0.1, 0.15) is 49.2 Å². The number of carbonyl (C=O) groups excluding carboxylic acids is 1. The standard InChI is InChI=1S/C14H24N4OS/c1-14(2)7-5-9(6-8-14)16-12(19)10-11(15)17-13(20-10)18(3)4/h9H,5-8,15H2,1-4H3,(H,16,19). The minimum Gasteiger partial charge on any atom is -0.382 e. The molecule has 0 atom stereocenters. The summed E-state index contributed by atoms with van der Waals surface area (Å²) in [6, 6.07) is 0.264. The smallest absolute Gasteiger partial charge is 0.265 e. The first kappa shape index (κ1) is 15.1. The lowest BCUT2D eigenvalue weighted by Gasteiger charge is -2.34. The Morgan fingerprint density at radius 2 is 2.00 bits per heavy atom. The zero-order chi connectivity index (χ0) is 14.9. The predicted octanol–water partition coefficient (Wildman–Crippen LogP) is 2.49. The molecule has 1 heterocycles. The van der Waals surface area contributed by atoms with Crippen molar-refractivity contribution >= 4 is 28.2 Å². The first-order valence-corrected chi connectivity index (χ1v) is 7.85. The molecular weight excluding hydrogens is 272 g/mol. The number of nitrogens with zero attached hydrogens (tertiary/aromatic N) is 2. The topological polar surface area (TPSA) is 71.2 Å². The molecule has 3 N–H and O–H groups in total. The number of hydrogen-bond donors (Lipinski definition) is 2. The number of rotatable bonds is 3. The number of hydrogen-bond acceptors (Lipinski definition) is 5. The second-order valence-corrected chi connectivity index (χ2v) is 7.49. The fraction of sp³-hybridized carbons (Fsp3) is 0.714. The molecule has 2 rings (SSSR count). The summed E-state index contributed by atoms with van der Waals surface area (Å²) in [5.74, 6) is 0.241. The lowest BCUT2D eigenvalue weighted by molar-refractivity contribution is 0.0914. The van der Waals surface area contributed by atoms with Crippen LogP contribution in [-0.2, 0) is 0 Å². The van der Waals surface area contributed by atoms with Gasteiger partial charge in [0.15, 0.2) is 5.13 Å². The average molecular weight is 296 g/mol. The lowest BCUT2D eigenvalue weighted by atomic mass is 9.75. The summed E-state index contributed by atoms with van der Waals surface area (Å²) in [5, 5.41) is 3.86. The number of nitrogens with one attached hydrogen (secondary N) is 1. The van der Waals surface area contributed by atoms with Gasteiger partial charge in [0.2, 0.25) is 0 Å². The molecule has 0 aromatic carbocycles. The van der Waals surface area contributed by atoms with E-state index in [0.29, 0.717) is 16.1 Å². The highest BCUT2D eigenvalue weighted by molar-refractivity contribution is 7.18.